The SMILES string of the molecule is CCCCC[C@@H]1C=C[C@@H](CCCCC[C@H](C(=O)O)[C@H](O)CC[C@]2(O)C[C@H](Cc3ccnc(N)c3)C[C@H]2[C@H](O)c2cc(CC)c[nH]2)[C@H](O)C1. The summed E-state index contributed by atoms with van der Waals surface area (Å²) >= 11 is 0. The number of unbranched alkanes of at least 4 members (excludes halogenated alkanes) is 4. The van der Waals surface area contributed by atoms with Gasteiger partial charge in [-0.25, -0.2) is 4.98 Å². The predicted molar refractivity (Wildman–Crippen MR) is 189 cm³/mol. The Morgan fingerprint density at radius 3 is 2.52 bits per heavy atom. The molecule has 0 aromatic carbocycles. The number of aliphatic hydroxyl groups excluding tert-OH is 3. The van der Waals surface area contributed by atoms with Gasteiger partial charge in [-0.1, -0.05) is 64.5 Å². The fourth-order valence-corrected chi connectivity index (χ4v) is 8.34. The number of nitrogen functional groups attached to an aromatic ring is 1. The number of aromatic nitrogens is 2. The minimum atomic E-state index is -1.27. The number of allylic oxidation sites excluding steroid dienone is 1. The quantitative estimate of drug-likeness (QED) is 0.0618. The fourth-order valence-electron chi connectivity index (χ4n) is 8.34. The molecular formula is C39H61N3O6. The van der Waals surface area contributed by atoms with E-state index >= 15 is 0 Å². The topological polar surface area (TPSA) is 173 Å². The van der Waals surface area contributed by atoms with Crippen LogP contribution in [-0.4, -0.2) is 59.3 Å². The first kappa shape index (κ1) is 38.1. The molecule has 9 nitrogen and oxygen atoms in total. The van der Waals surface area contributed by atoms with Gasteiger partial charge in [0.1, 0.15) is 5.82 Å². The van der Waals surface area contributed by atoms with E-state index in [1.165, 1.54) is 19.3 Å². The van der Waals surface area contributed by atoms with Crippen molar-refractivity contribution in [2.45, 2.75) is 140 Å². The van der Waals surface area contributed by atoms with E-state index in [-0.39, 0.29) is 30.8 Å². The molecule has 9 heteroatoms. The number of aryl methyl sites for hydroxylation is 1. The van der Waals surface area contributed by atoms with Gasteiger partial charge in [0.05, 0.1) is 29.8 Å². The Kier molecular flexibility index (Phi) is 14.5. The van der Waals surface area contributed by atoms with Gasteiger partial charge in [0.25, 0.3) is 0 Å². The number of aromatic amines is 1. The smallest absolute Gasteiger partial charge is 0.309 e. The molecule has 0 unspecified atom stereocenters. The van der Waals surface area contributed by atoms with Crippen LogP contribution < -0.4 is 5.73 Å². The molecule has 8 N–H and O–H groups in total. The first-order valence-electron chi connectivity index (χ1n) is 18.6. The zero-order chi connectivity index (χ0) is 34.7. The lowest BCUT2D eigenvalue weighted by atomic mass is 9.79. The molecule has 2 heterocycles. The van der Waals surface area contributed by atoms with Gasteiger partial charge in [-0.15, -0.1) is 0 Å². The molecule has 2 aliphatic carbocycles. The maximum atomic E-state index is 12.2. The molecule has 2 aromatic heterocycles. The molecule has 268 valence electrons. The Morgan fingerprint density at radius 2 is 1.83 bits per heavy atom. The number of nitrogens with one attached hydrogen (secondary N) is 1. The molecule has 0 saturated heterocycles. The zero-order valence-corrected chi connectivity index (χ0v) is 29.1. The van der Waals surface area contributed by atoms with Crippen molar-refractivity contribution in [1.82, 2.24) is 9.97 Å². The van der Waals surface area contributed by atoms with Gasteiger partial charge < -0.3 is 36.3 Å². The van der Waals surface area contributed by atoms with Crippen molar-refractivity contribution >= 4 is 11.8 Å². The van der Waals surface area contributed by atoms with Crippen molar-refractivity contribution in [2.24, 2.45) is 29.6 Å². The van der Waals surface area contributed by atoms with E-state index in [0.29, 0.717) is 49.5 Å². The molecule has 2 aliphatic rings. The number of carboxylic acids is 1. The second kappa shape index (κ2) is 18.3. The summed E-state index contributed by atoms with van der Waals surface area (Å²) < 4.78 is 0. The van der Waals surface area contributed by atoms with Crippen molar-refractivity contribution in [3.8, 4) is 0 Å². The minimum Gasteiger partial charge on any atom is -0.481 e. The third-order valence-electron chi connectivity index (χ3n) is 11.2. The molecule has 0 spiro atoms. The van der Waals surface area contributed by atoms with E-state index in [1.54, 1.807) is 6.20 Å². The number of pyridine rings is 1. The Bertz CT molecular complexity index is 1300. The Labute approximate surface area is 287 Å². The van der Waals surface area contributed by atoms with Crippen molar-refractivity contribution < 1.29 is 30.3 Å². The Morgan fingerprint density at radius 1 is 1.04 bits per heavy atom. The summed E-state index contributed by atoms with van der Waals surface area (Å²) in [6, 6.07) is 5.69. The van der Waals surface area contributed by atoms with Crippen molar-refractivity contribution in [3.63, 3.8) is 0 Å². The van der Waals surface area contributed by atoms with Crippen LogP contribution in [0.25, 0.3) is 0 Å². The van der Waals surface area contributed by atoms with Crippen LogP contribution >= 0.6 is 0 Å². The van der Waals surface area contributed by atoms with E-state index in [4.69, 9.17) is 5.73 Å². The molecular weight excluding hydrogens is 606 g/mol. The van der Waals surface area contributed by atoms with Gasteiger partial charge in [0.15, 0.2) is 0 Å². The average Bonchev–Trinajstić information content (AvgIpc) is 3.67. The predicted octanol–water partition coefficient (Wildman–Crippen LogP) is 6.51. The second-order valence-electron chi connectivity index (χ2n) is 14.9. The third kappa shape index (κ3) is 10.6. The molecule has 0 radical (unpaired) electrons. The third-order valence-corrected chi connectivity index (χ3v) is 11.2. The molecule has 0 bridgehead atoms. The first-order chi connectivity index (χ1) is 23.0. The molecule has 0 aliphatic heterocycles. The normalized spacial score (nSPS) is 27.6. The van der Waals surface area contributed by atoms with Crippen molar-refractivity contribution in [1.29, 1.82) is 0 Å². The minimum absolute atomic E-state index is 0.0777. The molecule has 9 atom stereocenters. The maximum Gasteiger partial charge on any atom is 0.309 e. The summed E-state index contributed by atoms with van der Waals surface area (Å²) in [7, 11) is 0. The van der Waals surface area contributed by atoms with Crippen LogP contribution in [0.2, 0.25) is 0 Å². The average molecular weight is 668 g/mol. The number of nitrogens with two attached hydrogens (primary N) is 1. The highest BCUT2D eigenvalue weighted by atomic mass is 16.4. The number of H-pyrrole nitrogens is 1. The standard InChI is InChI=1S/C39H61N3O6/c1-3-5-7-10-27-13-14-30(35(44)22-27)11-8-6-9-12-31(38(46)47)34(43)15-17-39(48)24-29(19-28-16-18-41-36(40)23-28)20-32(39)37(45)33-21-26(4-2)25-42-33/h13-14,16,18,21,23,25,27,29-32,34-35,37,42-45,48H,3-12,15,17,19-20,22,24H2,1-2H3,(H2,40,41)(H,46,47)/t27-,29-,30-,31+,32+,34-,35-,37+,39+/m1/s1. The van der Waals surface area contributed by atoms with Crippen LogP contribution in [0.1, 0.15) is 127 Å². The van der Waals surface area contributed by atoms with Crippen LogP contribution in [0.5, 0.6) is 0 Å². The monoisotopic (exact) mass is 667 g/mol. The highest BCUT2D eigenvalue weighted by Gasteiger charge is 2.49. The number of hydrogen-bond acceptors (Lipinski definition) is 7. The van der Waals surface area contributed by atoms with E-state index in [2.05, 4.69) is 29.0 Å². The van der Waals surface area contributed by atoms with E-state index < -0.39 is 35.6 Å². The number of rotatable bonds is 20. The van der Waals surface area contributed by atoms with Gasteiger partial charge in [0, 0.05) is 29.9 Å². The van der Waals surface area contributed by atoms with Crippen LogP contribution in [-0.2, 0) is 17.6 Å². The lowest BCUT2D eigenvalue weighted by Gasteiger charge is -2.34. The van der Waals surface area contributed by atoms with E-state index in [0.717, 1.165) is 49.7 Å². The summed E-state index contributed by atoms with van der Waals surface area (Å²) in [4.78, 5) is 19.5. The number of carboxylic acid groups (broad SMARTS) is 1. The largest absolute Gasteiger partial charge is 0.481 e. The highest BCUT2D eigenvalue weighted by Crippen LogP contribution is 2.49. The summed E-state index contributed by atoms with van der Waals surface area (Å²) in [5, 5.41) is 55.4. The van der Waals surface area contributed by atoms with Gasteiger partial charge in [0.2, 0.25) is 0 Å². The Hall–Kier alpha value is -2.72. The van der Waals surface area contributed by atoms with E-state index in [9.17, 15) is 30.3 Å². The fraction of sp³-hybridized carbons (Fsp3) is 0.692. The zero-order valence-electron chi connectivity index (χ0n) is 29.1. The summed E-state index contributed by atoms with van der Waals surface area (Å²) in [6.45, 7) is 4.25. The molecule has 0 amide bonds. The number of hydrogen-bond donors (Lipinski definition) is 7. The lowest BCUT2D eigenvalue weighted by Crippen LogP contribution is -2.39. The van der Waals surface area contributed by atoms with Crippen molar-refractivity contribution in [3.05, 3.63) is 59.6 Å². The molecule has 1 fully saturated rings. The molecule has 2 aromatic rings. The van der Waals surface area contributed by atoms with Crippen molar-refractivity contribution in [2.75, 3.05) is 5.73 Å². The number of aliphatic carboxylic acids is 1. The van der Waals surface area contributed by atoms with Crippen LogP contribution in [0, 0.1) is 29.6 Å². The Balaban J connectivity index is 1.30. The van der Waals surface area contributed by atoms with Crippen LogP contribution in [0.3, 0.4) is 0 Å². The van der Waals surface area contributed by atoms with Gasteiger partial charge >= 0.3 is 5.97 Å². The first-order valence-corrected chi connectivity index (χ1v) is 18.6. The lowest BCUT2D eigenvalue weighted by molar-refractivity contribution is -0.147. The molecule has 1 saturated carbocycles. The number of aliphatic hydroxyl groups is 4. The van der Waals surface area contributed by atoms with E-state index in [1.807, 2.05) is 31.3 Å². The summed E-state index contributed by atoms with van der Waals surface area (Å²) in [6.07, 6.45) is 17.8. The van der Waals surface area contributed by atoms with Crippen LogP contribution in [0.4, 0.5) is 5.82 Å². The summed E-state index contributed by atoms with van der Waals surface area (Å²) in [5.74, 6) is -1.28. The number of nitrogens with zero attached hydrogens (tertiary/aromatic N) is 1. The maximum absolute atomic E-state index is 12.2. The highest BCUT2D eigenvalue weighted by molar-refractivity contribution is 5.70. The van der Waals surface area contributed by atoms with Gasteiger partial charge in [-0.05, 0) is 105 Å². The summed E-state index contributed by atoms with van der Waals surface area (Å²) in [5.41, 5.74) is 7.39. The second-order valence-corrected chi connectivity index (χ2v) is 14.9. The molecule has 48 heavy (non-hydrogen) atoms. The number of anilines is 1. The van der Waals surface area contributed by atoms with Gasteiger partial charge in [-0.3, -0.25) is 4.79 Å². The van der Waals surface area contributed by atoms with Gasteiger partial charge in [-0.2, -0.15) is 0 Å². The molecule has 4 rings (SSSR count). The van der Waals surface area contributed by atoms with Crippen LogP contribution in [0.15, 0.2) is 42.7 Å². The number of carbonyl (C=O) groups is 1.